The summed E-state index contributed by atoms with van der Waals surface area (Å²) in [5.41, 5.74) is 9.10. The summed E-state index contributed by atoms with van der Waals surface area (Å²) >= 11 is 0. The van der Waals surface area contributed by atoms with Crippen molar-refractivity contribution in [1.29, 1.82) is 0 Å². The maximum Gasteiger partial charge on any atom is 0.218 e. The van der Waals surface area contributed by atoms with E-state index < -0.39 is 0 Å². The second-order valence-electron chi connectivity index (χ2n) is 3.88. The van der Waals surface area contributed by atoms with E-state index in [0.717, 1.165) is 16.7 Å². The largest absolute Gasteiger partial charge is 0.481 e. The van der Waals surface area contributed by atoms with Crippen LogP contribution in [0.2, 0.25) is 0 Å². The molecule has 0 amide bonds. The quantitative estimate of drug-likeness (QED) is 0.872. The summed E-state index contributed by atoms with van der Waals surface area (Å²) < 4.78 is 5.21. The summed E-state index contributed by atoms with van der Waals surface area (Å²) in [6.07, 6.45) is 5.25. The molecule has 0 spiro atoms. The molecule has 2 rings (SSSR count). The zero-order valence-corrected chi connectivity index (χ0v) is 9.92. The van der Waals surface area contributed by atoms with Gasteiger partial charge in [-0.1, -0.05) is 12.1 Å². The molecule has 2 aromatic rings. The highest BCUT2D eigenvalue weighted by atomic mass is 16.5. The summed E-state index contributed by atoms with van der Waals surface area (Å²) in [4.78, 5) is 8.29. The molecule has 0 aliphatic carbocycles. The molecule has 4 nitrogen and oxygen atoms in total. The lowest BCUT2D eigenvalue weighted by molar-refractivity contribution is 0.390. The summed E-state index contributed by atoms with van der Waals surface area (Å²) in [5, 5.41) is 0. The van der Waals surface area contributed by atoms with Gasteiger partial charge in [0.2, 0.25) is 5.88 Å². The van der Waals surface area contributed by atoms with Gasteiger partial charge in [-0.25, -0.2) is 4.98 Å². The van der Waals surface area contributed by atoms with Crippen LogP contribution in [0.3, 0.4) is 0 Å². The predicted octanol–water partition coefficient (Wildman–Crippen LogP) is 1.84. The number of pyridine rings is 2. The Morgan fingerprint density at radius 3 is 2.88 bits per heavy atom. The minimum absolute atomic E-state index is 0.272. The van der Waals surface area contributed by atoms with Crippen LogP contribution in [-0.4, -0.2) is 17.1 Å². The molecule has 0 radical (unpaired) electrons. The van der Waals surface area contributed by atoms with Gasteiger partial charge in [-0.05, 0) is 24.1 Å². The number of aryl methyl sites for hydroxylation is 1. The smallest absolute Gasteiger partial charge is 0.218 e. The van der Waals surface area contributed by atoms with Crippen molar-refractivity contribution in [3.8, 4) is 5.88 Å². The van der Waals surface area contributed by atoms with Gasteiger partial charge < -0.3 is 10.5 Å². The van der Waals surface area contributed by atoms with E-state index in [1.165, 1.54) is 0 Å². The van der Waals surface area contributed by atoms with Crippen LogP contribution < -0.4 is 10.5 Å². The molecule has 88 valence electrons. The molecule has 0 aliphatic rings. The Labute approximate surface area is 100 Å². The maximum absolute atomic E-state index is 6.20. The molecule has 0 fully saturated rings. The topological polar surface area (TPSA) is 61.0 Å². The molecule has 2 N–H and O–H groups in total. The van der Waals surface area contributed by atoms with Crippen molar-refractivity contribution in [3.63, 3.8) is 0 Å². The van der Waals surface area contributed by atoms with E-state index >= 15 is 0 Å². The Morgan fingerprint density at radius 2 is 2.18 bits per heavy atom. The number of hydrogen-bond donors (Lipinski definition) is 1. The van der Waals surface area contributed by atoms with Gasteiger partial charge in [-0.2, -0.15) is 0 Å². The number of nitrogens with zero attached hydrogens (tertiary/aromatic N) is 2. The minimum Gasteiger partial charge on any atom is -0.481 e. The molecule has 1 unspecified atom stereocenters. The van der Waals surface area contributed by atoms with Gasteiger partial charge >= 0.3 is 0 Å². The monoisotopic (exact) mass is 229 g/mol. The van der Waals surface area contributed by atoms with Gasteiger partial charge in [-0.3, -0.25) is 4.98 Å². The van der Waals surface area contributed by atoms with Crippen LogP contribution in [-0.2, 0) is 0 Å². The van der Waals surface area contributed by atoms with Gasteiger partial charge in [0, 0.05) is 24.2 Å². The number of methoxy groups -OCH3 is 1. The van der Waals surface area contributed by atoms with Crippen LogP contribution in [0.5, 0.6) is 5.88 Å². The first kappa shape index (κ1) is 11.5. The zero-order chi connectivity index (χ0) is 12.3. The van der Waals surface area contributed by atoms with E-state index in [1.54, 1.807) is 25.7 Å². The second-order valence-corrected chi connectivity index (χ2v) is 3.88. The predicted molar refractivity (Wildman–Crippen MR) is 65.8 cm³/mol. The van der Waals surface area contributed by atoms with E-state index in [-0.39, 0.29) is 6.04 Å². The first-order valence-electron chi connectivity index (χ1n) is 5.38. The van der Waals surface area contributed by atoms with Crippen molar-refractivity contribution in [2.45, 2.75) is 13.0 Å². The molecule has 2 heterocycles. The van der Waals surface area contributed by atoms with Gasteiger partial charge in [0.25, 0.3) is 0 Å². The van der Waals surface area contributed by atoms with Crippen molar-refractivity contribution < 1.29 is 4.74 Å². The van der Waals surface area contributed by atoms with E-state index in [2.05, 4.69) is 9.97 Å². The van der Waals surface area contributed by atoms with Crippen LogP contribution in [0.25, 0.3) is 0 Å². The molecule has 0 saturated heterocycles. The highest BCUT2D eigenvalue weighted by Gasteiger charge is 2.14. The Balaban J connectivity index is 2.40. The van der Waals surface area contributed by atoms with Crippen LogP contribution in [0.1, 0.15) is 22.7 Å². The second kappa shape index (κ2) is 4.93. The highest BCUT2D eigenvalue weighted by molar-refractivity contribution is 5.36. The third kappa shape index (κ3) is 2.42. The lowest BCUT2D eigenvalue weighted by Gasteiger charge is -2.14. The minimum atomic E-state index is -0.272. The molecular formula is C13H15N3O. The Hall–Kier alpha value is -1.94. The van der Waals surface area contributed by atoms with Crippen molar-refractivity contribution in [1.82, 2.24) is 9.97 Å². The first-order valence-corrected chi connectivity index (χ1v) is 5.38. The van der Waals surface area contributed by atoms with Gasteiger partial charge in [0.05, 0.1) is 13.2 Å². The molecule has 2 aromatic heterocycles. The van der Waals surface area contributed by atoms with E-state index in [9.17, 15) is 0 Å². The molecular weight excluding hydrogens is 214 g/mol. The Kier molecular flexibility index (Phi) is 3.35. The van der Waals surface area contributed by atoms with Gasteiger partial charge in [-0.15, -0.1) is 0 Å². The first-order chi connectivity index (χ1) is 8.22. The number of rotatable bonds is 3. The fraction of sp³-hybridized carbons (Fsp3) is 0.231. The van der Waals surface area contributed by atoms with Crippen molar-refractivity contribution in [2.24, 2.45) is 5.73 Å². The lowest BCUT2D eigenvalue weighted by atomic mass is 10.0. The van der Waals surface area contributed by atoms with Crippen LogP contribution >= 0.6 is 0 Å². The molecule has 0 aromatic carbocycles. The Morgan fingerprint density at radius 1 is 1.35 bits per heavy atom. The summed E-state index contributed by atoms with van der Waals surface area (Å²) in [7, 11) is 1.59. The van der Waals surface area contributed by atoms with E-state index in [0.29, 0.717) is 5.88 Å². The van der Waals surface area contributed by atoms with Crippen LogP contribution in [0.4, 0.5) is 0 Å². The average Bonchev–Trinajstić information content (AvgIpc) is 2.38. The van der Waals surface area contributed by atoms with Gasteiger partial charge in [0.15, 0.2) is 0 Å². The van der Waals surface area contributed by atoms with Crippen molar-refractivity contribution in [3.05, 3.63) is 53.5 Å². The fourth-order valence-electron chi connectivity index (χ4n) is 1.74. The molecule has 17 heavy (non-hydrogen) atoms. The van der Waals surface area contributed by atoms with Crippen LogP contribution in [0, 0.1) is 6.92 Å². The fourth-order valence-corrected chi connectivity index (χ4v) is 1.74. The van der Waals surface area contributed by atoms with E-state index in [1.807, 2.05) is 25.1 Å². The molecule has 0 aliphatic heterocycles. The zero-order valence-electron chi connectivity index (χ0n) is 9.92. The third-order valence-corrected chi connectivity index (χ3v) is 2.58. The third-order valence-electron chi connectivity index (χ3n) is 2.58. The lowest BCUT2D eigenvalue weighted by Crippen LogP contribution is -2.14. The number of nitrogens with two attached hydrogens (primary N) is 1. The number of hydrogen-bond acceptors (Lipinski definition) is 4. The molecule has 0 saturated carbocycles. The molecule has 0 bridgehead atoms. The number of aromatic nitrogens is 2. The molecule has 4 heteroatoms. The SMILES string of the molecule is COc1ncccc1C(N)c1cncc(C)c1. The maximum atomic E-state index is 6.20. The average molecular weight is 229 g/mol. The summed E-state index contributed by atoms with van der Waals surface area (Å²) in [5.74, 6) is 0.557. The van der Waals surface area contributed by atoms with Crippen molar-refractivity contribution in [2.75, 3.05) is 7.11 Å². The summed E-state index contributed by atoms with van der Waals surface area (Å²) in [6, 6.07) is 5.51. The van der Waals surface area contributed by atoms with Crippen molar-refractivity contribution >= 4 is 0 Å². The highest BCUT2D eigenvalue weighted by Crippen LogP contribution is 2.25. The van der Waals surface area contributed by atoms with E-state index in [4.69, 9.17) is 10.5 Å². The van der Waals surface area contributed by atoms with Gasteiger partial charge in [0.1, 0.15) is 0 Å². The Bertz CT molecular complexity index is 514. The standard InChI is InChI=1S/C13H15N3O/c1-9-6-10(8-15-7-9)12(14)11-4-3-5-16-13(11)17-2/h3-8,12H,14H2,1-2H3. The summed E-state index contributed by atoms with van der Waals surface area (Å²) in [6.45, 7) is 1.99. The normalized spacial score (nSPS) is 12.2. The molecule has 1 atom stereocenters. The van der Waals surface area contributed by atoms with Crippen LogP contribution in [0.15, 0.2) is 36.8 Å². The number of ether oxygens (including phenoxy) is 1.